The van der Waals surface area contributed by atoms with Crippen LogP contribution in [-0.4, -0.2) is 20.7 Å². The van der Waals surface area contributed by atoms with Crippen molar-refractivity contribution in [1.82, 2.24) is 14.8 Å². The third-order valence-corrected chi connectivity index (χ3v) is 3.99. The fourth-order valence-corrected chi connectivity index (χ4v) is 2.86. The van der Waals surface area contributed by atoms with Crippen LogP contribution in [0.4, 0.5) is 0 Å². The quantitative estimate of drug-likeness (QED) is 0.812. The maximum Gasteiger partial charge on any atom is 0.314 e. The van der Waals surface area contributed by atoms with Gasteiger partial charge in [0.05, 0.1) is 6.54 Å². The summed E-state index contributed by atoms with van der Waals surface area (Å²) < 4.78 is 7.24. The molecule has 1 saturated heterocycles. The van der Waals surface area contributed by atoms with E-state index in [4.69, 9.17) is 16.3 Å². The predicted octanol–water partition coefficient (Wildman–Crippen LogP) is 2.41. The summed E-state index contributed by atoms with van der Waals surface area (Å²) in [6.07, 6.45) is 3.81. The van der Waals surface area contributed by atoms with Gasteiger partial charge in [0.1, 0.15) is 18.6 Å². The van der Waals surface area contributed by atoms with Gasteiger partial charge in [-0.25, -0.2) is 9.67 Å². The lowest BCUT2D eigenvalue weighted by molar-refractivity contribution is -0.221. The number of halogens is 1. The molecule has 3 rings (SSSR count). The van der Waals surface area contributed by atoms with E-state index in [1.165, 1.54) is 6.33 Å². The summed E-state index contributed by atoms with van der Waals surface area (Å²) in [5, 5.41) is 4.76. The third-order valence-electron chi connectivity index (χ3n) is 3.73. The molecule has 0 bridgehead atoms. The normalized spacial score (nSPS) is 25.1. The van der Waals surface area contributed by atoms with Crippen LogP contribution in [0.1, 0.15) is 18.9 Å². The second-order valence-corrected chi connectivity index (χ2v) is 5.31. The lowest BCUT2D eigenvalue weighted by Gasteiger charge is -2.47. The van der Waals surface area contributed by atoms with Crippen LogP contribution in [0.2, 0.25) is 5.02 Å². The van der Waals surface area contributed by atoms with Gasteiger partial charge in [0.15, 0.2) is 5.60 Å². The van der Waals surface area contributed by atoms with Crippen LogP contribution < -0.4 is 0 Å². The van der Waals surface area contributed by atoms with Gasteiger partial charge in [0, 0.05) is 5.02 Å². The first-order chi connectivity index (χ1) is 9.65. The van der Waals surface area contributed by atoms with Gasteiger partial charge in [-0.1, -0.05) is 30.7 Å². The van der Waals surface area contributed by atoms with Crippen molar-refractivity contribution in [2.75, 3.05) is 0 Å². The highest BCUT2D eigenvalue weighted by molar-refractivity contribution is 6.30. The van der Waals surface area contributed by atoms with Crippen molar-refractivity contribution in [1.29, 1.82) is 0 Å². The lowest BCUT2D eigenvalue weighted by Crippen LogP contribution is -2.57. The summed E-state index contributed by atoms with van der Waals surface area (Å²) in [6.45, 7) is 2.44. The molecular weight excluding hydrogens is 278 g/mol. The molecule has 0 amide bonds. The van der Waals surface area contributed by atoms with Crippen LogP contribution in [0.15, 0.2) is 36.9 Å². The van der Waals surface area contributed by atoms with Crippen molar-refractivity contribution in [3.8, 4) is 0 Å². The van der Waals surface area contributed by atoms with Crippen molar-refractivity contribution in [3.63, 3.8) is 0 Å². The van der Waals surface area contributed by atoms with E-state index >= 15 is 0 Å². The molecule has 6 heteroatoms. The maximum atomic E-state index is 11.8. The first-order valence-electron chi connectivity index (χ1n) is 6.47. The molecule has 2 heterocycles. The topological polar surface area (TPSA) is 57.0 Å². The number of hydrogen-bond acceptors (Lipinski definition) is 4. The Morgan fingerprint density at radius 1 is 1.40 bits per heavy atom. The highest BCUT2D eigenvalue weighted by atomic mass is 35.5. The van der Waals surface area contributed by atoms with Gasteiger partial charge in [0.25, 0.3) is 0 Å². The Hall–Kier alpha value is -1.88. The number of nitrogens with zero attached hydrogens (tertiary/aromatic N) is 3. The van der Waals surface area contributed by atoms with Gasteiger partial charge in [-0.3, -0.25) is 4.79 Å². The van der Waals surface area contributed by atoms with E-state index in [9.17, 15) is 4.79 Å². The van der Waals surface area contributed by atoms with E-state index in [1.54, 1.807) is 23.1 Å². The van der Waals surface area contributed by atoms with Gasteiger partial charge < -0.3 is 4.74 Å². The average Bonchev–Trinajstić information content (AvgIpc) is 2.91. The molecule has 2 aromatic rings. The summed E-state index contributed by atoms with van der Waals surface area (Å²) in [7, 11) is 0. The van der Waals surface area contributed by atoms with Gasteiger partial charge >= 0.3 is 5.97 Å². The zero-order chi connectivity index (χ0) is 14.2. The zero-order valence-corrected chi connectivity index (χ0v) is 11.7. The first-order valence-corrected chi connectivity index (χ1v) is 6.85. The second-order valence-electron chi connectivity index (χ2n) is 4.87. The number of rotatable bonds is 4. The van der Waals surface area contributed by atoms with Crippen LogP contribution >= 0.6 is 11.6 Å². The average molecular weight is 292 g/mol. The second kappa shape index (κ2) is 4.90. The SMILES string of the molecule is CCC1C(=O)OC1(Cn1cncn1)c1ccc(Cl)cc1. The van der Waals surface area contributed by atoms with Crippen molar-refractivity contribution in [2.24, 2.45) is 5.92 Å². The number of esters is 1. The van der Waals surface area contributed by atoms with Crippen molar-refractivity contribution < 1.29 is 9.53 Å². The van der Waals surface area contributed by atoms with E-state index in [0.29, 0.717) is 11.6 Å². The van der Waals surface area contributed by atoms with Crippen LogP contribution in [0, 0.1) is 5.92 Å². The minimum absolute atomic E-state index is 0.164. The molecule has 0 spiro atoms. The van der Waals surface area contributed by atoms with Crippen LogP contribution in [0.25, 0.3) is 0 Å². The minimum Gasteiger partial charge on any atom is -0.451 e. The molecule has 1 aliphatic heterocycles. The Labute approximate surface area is 121 Å². The Morgan fingerprint density at radius 2 is 2.15 bits per heavy atom. The Morgan fingerprint density at radius 3 is 2.70 bits per heavy atom. The van der Waals surface area contributed by atoms with Gasteiger partial charge in [-0.05, 0) is 24.1 Å². The molecule has 0 N–H and O–H groups in total. The van der Waals surface area contributed by atoms with Gasteiger partial charge in [-0.2, -0.15) is 5.10 Å². The number of carbonyl (C=O) groups excluding carboxylic acids is 1. The smallest absolute Gasteiger partial charge is 0.314 e. The summed E-state index contributed by atoms with van der Waals surface area (Å²) in [4.78, 5) is 15.7. The highest BCUT2D eigenvalue weighted by Crippen LogP contribution is 2.46. The van der Waals surface area contributed by atoms with E-state index in [1.807, 2.05) is 19.1 Å². The largest absolute Gasteiger partial charge is 0.451 e. The molecule has 2 atom stereocenters. The third kappa shape index (κ3) is 1.98. The van der Waals surface area contributed by atoms with Crippen molar-refractivity contribution in [2.45, 2.75) is 25.5 Å². The number of aromatic nitrogens is 3. The molecule has 1 aromatic carbocycles. The van der Waals surface area contributed by atoms with Crippen LogP contribution in [0.3, 0.4) is 0 Å². The monoisotopic (exact) mass is 291 g/mol. The summed E-state index contributed by atoms with van der Waals surface area (Å²) >= 11 is 5.93. The molecular formula is C14H14ClN3O2. The molecule has 20 heavy (non-hydrogen) atoms. The molecule has 1 aromatic heterocycles. The van der Waals surface area contributed by atoms with Crippen LogP contribution in [-0.2, 0) is 21.7 Å². The van der Waals surface area contributed by atoms with E-state index < -0.39 is 5.60 Å². The van der Waals surface area contributed by atoms with E-state index in [-0.39, 0.29) is 11.9 Å². The highest BCUT2D eigenvalue weighted by Gasteiger charge is 2.57. The predicted molar refractivity (Wildman–Crippen MR) is 73.0 cm³/mol. The standard InChI is InChI=1S/C14H14ClN3O2/c1-2-12-13(19)20-14(12,7-18-9-16-8-17-18)10-3-5-11(15)6-4-10/h3-6,8-9,12H,2,7H2,1H3. The van der Waals surface area contributed by atoms with E-state index in [2.05, 4.69) is 10.1 Å². The van der Waals surface area contributed by atoms with Gasteiger partial charge in [0.2, 0.25) is 0 Å². The van der Waals surface area contributed by atoms with E-state index in [0.717, 1.165) is 12.0 Å². The van der Waals surface area contributed by atoms with Crippen molar-refractivity contribution >= 4 is 17.6 Å². The number of hydrogen-bond donors (Lipinski definition) is 0. The fraction of sp³-hybridized carbons (Fsp3) is 0.357. The number of carbonyl (C=O) groups is 1. The molecule has 0 aliphatic carbocycles. The zero-order valence-electron chi connectivity index (χ0n) is 11.0. The minimum atomic E-state index is -0.676. The first kappa shape index (κ1) is 13.1. The Bertz CT molecular complexity index is 612. The summed E-state index contributed by atoms with van der Waals surface area (Å²) in [5.41, 5.74) is 0.258. The summed E-state index contributed by atoms with van der Waals surface area (Å²) in [6, 6.07) is 7.40. The lowest BCUT2D eigenvalue weighted by atomic mass is 9.75. The molecule has 104 valence electrons. The van der Waals surface area contributed by atoms with Crippen molar-refractivity contribution in [3.05, 3.63) is 47.5 Å². The number of ether oxygens (including phenoxy) is 1. The molecule has 0 saturated carbocycles. The molecule has 2 unspecified atom stereocenters. The fourth-order valence-electron chi connectivity index (χ4n) is 2.73. The van der Waals surface area contributed by atoms with Gasteiger partial charge in [-0.15, -0.1) is 0 Å². The number of benzene rings is 1. The molecule has 5 nitrogen and oxygen atoms in total. The Balaban J connectivity index is 2.00. The molecule has 0 radical (unpaired) electrons. The summed E-state index contributed by atoms with van der Waals surface area (Å²) in [5.74, 6) is -0.338. The Kier molecular flexibility index (Phi) is 3.22. The molecule has 1 aliphatic rings. The number of cyclic esters (lactones) is 1. The molecule has 1 fully saturated rings. The maximum absolute atomic E-state index is 11.8. The van der Waals surface area contributed by atoms with Crippen LogP contribution in [0.5, 0.6) is 0 Å².